The van der Waals surface area contributed by atoms with Crippen molar-refractivity contribution in [3.8, 4) is 17.2 Å². The monoisotopic (exact) mass is 372 g/mol. The first kappa shape index (κ1) is 17.5. The van der Waals surface area contributed by atoms with Crippen molar-refractivity contribution in [2.45, 2.75) is 0 Å². The molecule has 5 heteroatoms. The molecule has 3 aromatic carbocycles. The van der Waals surface area contributed by atoms with Crippen molar-refractivity contribution >= 4 is 17.8 Å². The first-order chi connectivity index (χ1) is 13.6. The number of esters is 1. The molecule has 1 heterocycles. The van der Waals surface area contributed by atoms with E-state index < -0.39 is 5.97 Å². The van der Waals surface area contributed by atoms with E-state index in [4.69, 9.17) is 14.2 Å². The predicted molar refractivity (Wildman–Crippen MR) is 104 cm³/mol. The second-order valence-corrected chi connectivity index (χ2v) is 6.13. The van der Waals surface area contributed by atoms with Crippen LogP contribution in [0.15, 0.2) is 78.6 Å². The Hall–Kier alpha value is -3.86. The molecule has 0 aliphatic carbocycles. The molecular weight excluding hydrogens is 356 g/mol. The molecule has 0 aromatic heterocycles. The van der Waals surface area contributed by atoms with Crippen molar-refractivity contribution in [1.82, 2.24) is 0 Å². The Balaban J connectivity index is 1.54. The molecule has 0 amide bonds. The van der Waals surface area contributed by atoms with Gasteiger partial charge in [0.15, 0.2) is 5.76 Å². The van der Waals surface area contributed by atoms with Crippen molar-refractivity contribution in [1.29, 1.82) is 0 Å². The van der Waals surface area contributed by atoms with E-state index in [0.29, 0.717) is 16.9 Å². The topological polar surface area (TPSA) is 61.8 Å². The molecule has 0 spiro atoms. The standard InChI is InChI=1S/C23H16O5/c1-26-17-9-7-15(8-10-17)13-21-22(24)19-14-18(11-12-20(19)28-21)27-23(25)16-5-3-2-4-6-16/h2-14H,1H3/b21-13-. The molecule has 138 valence electrons. The zero-order valence-electron chi connectivity index (χ0n) is 15.0. The van der Waals surface area contributed by atoms with Gasteiger partial charge in [-0.15, -0.1) is 0 Å². The largest absolute Gasteiger partial charge is 0.497 e. The number of methoxy groups -OCH3 is 1. The Bertz CT molecular complexity index is 1070. The molecule has 0 saturated heterocycles. The highest BCUT2D eigenvalue weighted by molar-refractivity contribution is 6.14. The highest BCUT2D eigenvalue weighted by atomic mass is 16.5. The summed E-state index contributed by atoms with van der Waals surface area (Å²) in [4.78, 5) is 24.9. The van der Waals surface area contributed by atoms with E-state index in [1.165, 1.54) is 6.07 Å². The molecule has 3 aromatic rings. The van der Waals surface area contributed by atoms with Crippen LogP contribution in [0, 0.1) is 0 Å². The Labute approximate surface area is 161 Å². The average Bonchev–Trinajstić information content (AvgIpc) is 3.04. The first-order valence-corrected chi connectivity index (χ1v) is 8.63. The van der Waals surface area contributed by atoms with Gasteiger partial charge in [0.2, 0.25) is 5.78 Å². The highest BCUT2D eigenvalue weighted by Gasteiger charge is 2.28. The lowest BCUT2D eigenvalue weighted by atomic mass is 10.1. The summed E-state index contributed by atoms with van der Waals surface area (Å²) in [5.74, 6) is 0.921. The van der Waals surface area contributed by atoms with Crippen molar-refractivity contribution in [3.63, 3.8) is 0 Å². The SMILES string of the molecule is COc1ccc(/C=C2\Oc3ccc(OC(=O)c4ccccc4)cc3C2=O)cc1. The molecule has 28 heavy (non-hydrogen) atoms. The van der Waals surface area contributed by atoms with Gasteiger partial charge >= 0.3 is 5.97 Å². The lowest BCUT2D eigenvalue weighted by molar-refractivity contribution is 0.0734. The van der Waals surface area contributed by atoms with Crippen LogP contribution >= 0.6 is 0 Å². The molecule has 0 fully saturated rings. The Morgan fingerprint density at radius 1 is 0.929 bits per heavy atom. The lowest BCUT2D eigenvalue weighted by Crippen LogP contribution is -2.08. The zero-order chi connectivity index (χ0) is 19.5. The number of fused-ring (bicyclic) bond motifs is 1. The number of carbonyl (C=O) groups excluding carboxylic acids is 2. The van der Waals surface area contributed by atoms with E-state index in [0.717, 1.165) is 11.3 Å². The number of carbonyl (C=O) groups is 2. The molecule has 1 aliphatic heterocycles. The summed E-state index contributed by atoms with van der Waals surface area (Å²) in [5.41, 5.74) is 1.61. The van der Waals surface area contributed by atoms with Crippen molar-refractivity contribution in [2.24, 2.45) is 0 Å². The van der Waals surface area contributed by atoms with Crippen LogP contribution in [0.5, 0.6) is 17.2 Å². The number of allylic oxidation sites excluding steroid dienone is 1. The van der Waals surface area contributed by atoms with Crippen LogP contribution in [0.3, 0.4) is 0 Å². The van der Waals surface area contributed by atoms with Crippen molar-refractivity contribution in [3.05, 3.63) is 95.2 Å². The van der Waals surface area contributed by atoms with Gasteiger partial charge in [-0.1, -0.05) is 30.3 Å². The zero-order valence-corrected chi connectivity index (χ0v) is 15.0. The number of Topliss-reactive ketones (excluding diaryl/α,β-unsaturated/α-hetero) is 1. The maximum Gasteiger partial charge on any atom is 0.343 e. The summed E-state index contributed by atoms with van der Waals surface area (Å²) in [7, 11) is 1.59. The minimum absolute atomic E-state index is 0.215. The van der Waals surface area contributed by atoms with Gasteiger partial charge in [0.25, 0.3) is 0 Å². The molecule has 5 nitrogen and oxygen atoms in total. The van der Waals surface area contributed by atoms with Crippen molar-refractivity contribution < 1.29 is 23.8 Å². The molecular formula is C23H16O5. The lowest BCUT2D eigenvalue weighted by Gasteiger charge is -2.05. The van der Waals surface area contributed by atoms with Gasteiger partial charge in [-0.2, -0.15) is 0 Å². The van der Waals surface area contributed by atoms with Gasteiger partial charge in [-0.05, 0) is 54.1 Å². The van der Waals surface area contributed by atoms with Gasteiger partial charge in [0, 0.05) is 0 Å². The number of benzene rings is 3. The van der Waals surface area contributed by atoms with Gasteiger partial charge in [0.1, 0.15) is 17.2 Å². The third-order valence-electron chi connectivity index (χ3n) is 4.27. The second-order valence-electron chi connectivity index (χ2n) is 6.13. The van der Waals surface area contributed by atoms with E-state index >= 15 is 0 Å². The van der Waals surface area contributed by atoms with E-state index in [-0.39, 0.29) is 17.3 Å². The molecule has 4 rings (SSSR count). The van der Waals surface area contributed by atoms with Crippen LogP contribution in [-0.2, 0) is 0 Å². The van der Waals surface area contributed by atoms with Crippen LogP contribution in [-0.4, -0.2) is 18.9 Å². The van der Waals surface area contributed by atoms with Crippen LogP contribution < -0.4 is 14.2 Å². The molecule has 1 aliphatic rings. The highest BCUT2D eigenvalue weighted by Crippen LogP contribution is 2.34. The maximum atomic E-state index is 12.7. The Morgan fingerprint density at radius 3 is 2.36 bits per heavy atom. The summed E-state index contributed by atoms with van der Waals surface area (Å²) < 4.78 is 16.2. The summed E-state index contributed by atoms with van der Waals surface area (Å²) in [6, 6.07) is 20.7. The summed E-state index contributed by atoms with van der Waals surface area (Å²) >= 11 is 0. The molecule has 0 atom stereocenters. The minimum atomic E-state index is -0.485. The number of ketones is 1. The predicted octanol–water partition coefficient (Wildman–Crippen LogP) is 4.53. The van der Waals surface area contributed by atoms with Crippen LogP contribution in [0.2, 0.25) is 0 Å². The fraction of sp³-hybridized carbons (Fsp3) is 0.0435. The van der Waals surface area contributed by atoms with Crippen LogP contribution in [0.25, 0.3) is 6.08 Å². The third-order valence-corrected chi connectivity index (χ3v) is 4.27. The Morgan fingerprint density at radius 2 is 1.64 bits per heavy atom. The second kappa shape index (κ2) is 7.40. The molecule has 0 radical (unpaired) electrons. The molecule has 0 unspecified atom stereocenters. The third kappa shape index (κ3) is 3.50. The number of hydrogen-bond acceptors (Lipinski definition) is 5. The van der Waals surface area contributed by atoms with Gasteiger partial charge in [-0.3, -0.25) is 4.79 Å². The number of ether oxygens (including phenoxy) is 3. The van der Waals surface area contributed by atoms with Gasteiger partial charge in [0.05, 0.1) is 18.2 Å². The first-order valence-electron chi connectivity index (χ1n) is 8.63. The van der Waals surface area contributed by atoms with Gasteiger partial charge in [-0.25, -0.2) is 4.79 Å². The quantitative estimate of drug-likeness (QED) is 0.382. The molecule has 0 bridgehead atoms. The molecule has 0 N–H and O–H groups in total. The number of hydrogen-bond donors (Lipinski definition) is 0. The average molecular weight is 372 g/mol. The summed E-state index contributed by atoms with van der Waals surface area (Å²) in [6.07, 6.45) is 1.66. The van der Waals surface area contributed by atoms with E-state index in [9.17, 15) is 9.59 Å². The van der Waals surface area contributed by atoms with Crippen LogP contribution in [0.1, 0.15) is 26.3 Å². The summed E-state index contributed by atoms with van der Waals surface area (Å²) in [6.45, 7) is 0. The fourth-order valence-corrected chi connectivity index (χ4v) is 2.82. The maximum absolute atomic E-state index is 12.7. The number of rotatable bonds is 4. The van der Waals surface area contributed by atoms with Crippen LogP contribution in [0.4, 0.5) is 0 Å². The van der Waals surface area contributed by atoms with E-state index in [1.54, 1.807) is 61.7 Å². The van der Waals surface area contributed by atoms with E-state index in [2.05, 4.69) is 0 Å². The van der Waals surface area contributed by atoms with E-state index in [1.807, 2.05) is 18.2 Å². The fourth-order valence-electron chi connectivity index (χ4n) is 2.82. The smallest absolute Gasteiger partial charge is 0.343 e. The minimum Gasteiger partial charge on any atom is -0.497 e. The summed E-state index contributed by atoms with van der Waals surface area (Å²) in [5, 5.41) is 0. The Kier molecular flexibility index (Phi) is 4.64. The molecule has 0 saturated carbocycles. The normalized spacial score (nSPS) is 13.8. The van der Waals surface area contributed by atoms with Gasteiger partial charge < -0.3 is 14.2 Å². The van der Waals surface area contributed by atoms with Crippen molar-refractivity contribution in [2.75, 3.05) is 7.11 Å².